The topological polar surface area (TPSA) is 55.8 Å². The van der Waals surface area contributed by atoms with Crippen LogP contribution in [0.25, 0.3) is 0 Å². The lowest BCUT2D eigenvalue weighted by Gasteiger charge is -2.22. The molecule has 0 aliphatic carbocycles. The monoisotopic (exact) mass is 376 g/mol. The summed E-state index contributed by atoms with van der Waals surface area (Å²) in [6.07, 6.45) is 0.408. The molecule has 0 heterocycles. The maximum Gasteiger partial charge on any atom is 0.303 e. The third kappa shape index (κ3) is 5.95. The molecule has 2 aromatic rings. The van der Waals surface area contributed by atoms with Crippen molar-refractivity contribution in [3.05, 3.63) is 58.6 Å². The van der Waals surface area contributed by atoms with E-state index in [0.717, 1.165) is 16.9 Å². The van der Waals surface area contributed by atoms with Crippen molar-refractivity contribution in [1.29, 1.82) is 0 Å². The molecule has 0 aliphatic rings. The van der Waals surface area contributed by atoms with E-state index >= 15 is 0 Å². The number of halogens is 1. The summed E-state index contributed by atoms with van der Waals surface area (Å²) in [5.41, 5.74) is 1.93. The molecule has 26 heavy (non-hydrogen) atoms. The van der Waals surface area contributed by atoms with Gasteiger partial charge in [0.25, 0.3) is 0 Å². The van der Waals surface area contributed by atoms with E-state index in [9.17, 15) is 4.79 Å². The van der Waals surface area contributed by atoms with E-state index in [1.807, 2.05) is 18.2 Å². The normalized spacial score (nSPS) is 11.2. The van der Waals surface area contributed by atoms with E-state index in [-0.39, 0.29) is 11.8 Å². The van der Waals surface area contributed by atoms with Gasteiger partial charge in [-0.05, 0) is 47.2 Å². The summed E-state index contributed by atoms with van der Waals surface area (Å²) in [6.45, 7) is 7.20. The van der Waals surface area contributed by atoms with Crippen LogP contribution < -0.4 is 9.47 Å². The van der Waals surface area contributed by atoms with Gasteiger partial charge in [-0.3, -0.25) is 4.79 Å². The highest BCUT2D eigenvalue weighted by Crippen LogP contribution is 2.31. The van der Waals surface area contributed by atoms with Gasteiger partial charge in [0, 0.05) is 11.4 Å². The van der Waals surface area contributed by atoms with Gasteiger partial charge in [-0.25, -0.2) is 0 Å². The van der Waals surface area contributed by atoms with E-state index in [2.05, 4.69) is 26.8 Å². The number of benzene rings is 2. The van der Waals surface area contributed by atoms with E-state index in [1.54, 1.807) is 18.2 Å². The number of carbonyl (C=O) groups is 1. The molecule has 0 aliphatic heterocycles. The van der Waals surface area contributed by atoms with Gasteiger partial charge >= 0.3 is 5.97 Å². The van der Waals surface area contributed by atoms with Crippen LogP contribution in [0.5, 0.6) is 11.5 Å². The maximum absolute atomic E-state index is 10.8. The SMILES string of the molecule is CC(C)(C)c1ccccc1OCCOc1ccc(Cl)cc1CCC(=O)O. The van der Waals surface area contributed by atoms with Gasteiger partial charge < -0.3 is 14.6 Å². The van der Waals surface area contributed by atoms with Gasteiger partial charge in [0.1, 0.15) is 24.7 Å². The zero-order valence-corrected chi connectivity index (χ0v) is 16.2. The summed E-state index contributed by atoms with van der Waals surface area (Å²) < 4.78 is 11.7. The summed E-state index contributed by atoms with van der Waals surface area (Å²) in [5.74, 6) is 0.646. The predicted octanol–water partition coefficient (Wildman–Crippen LogP) is 5.11. The molecular formula is C21H25ClO4. The molecule has 0 bridgehead atoms. The minimum atomic E-state index is -0.849. The first kappa shape index (κ1) is 20.1. The molecular weight excluding hydrogens is 352 g/mol. The smallest absolute Gasteiger partial charge is 0.303 e. The summed E-state index contributed by atoms with van der Waals surface area (Å²) >= 11 is 6.01. The lowest BCUT2D eigenvalue weighted by Crippen LogP contribution is -2.16. The van der Waals surface area contributed by atoms with E-state index in [0.29, 0.717) is 30.4 Å². The van der Waals surface area contributed by atoms with Crippen LogP contribution in [0, 0.1) is 0 Å². The fraction of sp³-hybridized carbons (Fsp3) is 0.381. The molecule has 0 saturated heterocycles. The lowest BCUT2D eigenvalue weighted by atomic mass is 9.86. The Morgan fingerprint density at radius 1 is 1.04 bits per heavy atom. The third-order valence-corrected chi connectivity index (χ3v) is 4.16. The molecule has 0 aromatic heterocycles. The summed E-state index contributed by atoms with van der Waals surface area (Å²) in [5, 5.41) is 9.44. The molecule has 1 N–H and O–H groups in total. The molecule has 0 amide bonds. The third-order valence-electron chi connectivity index (χ3n) is 3.92. The van der Waals surface area contributed by atoms with Crippen molar-refractivity contribution in [3.8, 4) is 11.5 Å². The summed E-state index contributed by atoms with van der Waals surface area (Å²) in [6, 6.07) is 13.2. The largest absolute Gasteiger partial charge is 0.490 e. The Bertz CT molecular complexity index is 750. The lowest BCUT2D eigenvalue weighted by molar-refractivity contribution is -0.136. The van der Waals surface area contributed by atoms with Gasteiger partial charge in [-0.2, -0.15) is 0 Å². The molecule has 140 valence electrons. The second kappa shape index (κ2) is 8.95. The highest BCUT2D eigenvalue weighted by Gasteiger charge is 2.18. The second-order valence-electron chi connectivity index (χ2n) is 7.09. The number of rotatable bonds is 8. The van der Waals surface area contributed by atoms with Crippen LogP contribution in [0.1, 0.15) is 38.3 Å². The van der Waals surface area contributed by atoms with Crippen molar-refractivity contribution in [2.75, 3.05) is 13.2 Å². The van der Waals surface area contributed by atoms with Gasteiger partial charge in [-0.1, -0.05) is 50.6 Å². The molecule has 0 fully saturated rings. The number of hydrogen-bond acceptors (Lipinski definition) is 3. The zero-order chi connectivity index (χ0) is 19.2. The zero-order valence-electron chi connectivity index (χ0n) is 15.4. The number of ether oxygens (including phenoxy) is 2. The highest BCUT2D eigenvalue weighted by molar-refractivity contribution is 6.30. The average molecular weight is 377 g/mol. The number of aryl methyl sites for hydroxylation is 1. The number of carboxylic acids is 1. The summed E-state index contributed by atoms with van der Waals surface area (Å²) in [7, 11) is 0. The van der Waals surface area contributed by atoms with Gasteiger partial charge in [0.15, 0.2) is 0 Å². The van der Waals surface area contributed by atoms with Gasteiger partial charge in [0.05, 0.1) is 0 Å². The molecule has 2 rings (SSSR count). The number of hydrogen-bond donors (Lipinski definition) is 1. The standard InChI is InChI=1S/C21H25ClO4/c1-21(2,3)17-6-4-5-7-19(17)26-13-12-25-18-10-9-16(22)14-15(18)8-11-20(23)24/h4-7,9-10,14H,8,11-13H2,1-3H3,(H,23,24). The predicted molar refractivity (Wildman–Crippen MR) is 104 cm³/mol. The Labute approximate surface area is 159 Å². The van der Waals surface area contributed by atoms with Crippen molar-refractivity contribution in [3.63, 3.8) is 0 Å². The van der Waals surface area contributed by atoms with Crippen molar-refractivity contribution in [1.82, 2.24) is 0 Å². The number of carboxylic acid groups (broad SMARTS) is 1. The fourth-order valence-corrected chi connectivity index (χ4v) is 2.84. The Balaban J connectivity index is 1.96. The molecule has 2 aromatic carbocycles. The van der Waals surface area contributed by atoms with Crippen LogP contribution in [0.4, 0.5) is 0 Å². The van der Waals surface area contributed by atoms with Crippen LogP contribution in [0.15, 0.2) is 42.5 Å². The molecule has 5 heteroatoms. The Hall–Kier alpha value is -2.20. The molecule has 0 radical (unpaired) electrons. The summed E-state index contributed by atoms with van der Waals surface area (Å²) in [4.78, 5) is 10.8. The van der Waals surface area contributed by atoms with Gasteiger partial charge in [-0.15, -0.1) is 0 Å². The van der Waals surface area contributed by atoms with Crippen molar-refractivity contribution in [2.45, 2.75) is 39.0 Å². The van der Waals surface area contributed by atoms with Crippen LogP contribution in [0.2, 0.25) is 5.02 Å². The minimum Gasteiger partial charge on any atom is -0.490 e. The van der Waals surface area contributed by atoms with Crippen LogP contribution in [0.3, 0.4) is 0 Å². The second-order valence-corrected chi connectivity index (χ2v) is 7.53. The van der Waals surface area contributed by atoms with Crippen molar-refractivity contribution in [2.24, 2.45) is 0 Å². The van der Waals surface area contributed by atoms with Crippen LogP contribution in [-0.2, 0) is 16.6 Å². The Morgan fingerprint density at radius 3 is 2.35 bits per heavy atom. The van der Waals surface area contributed by atoms with Crippen molar-refractivity contribution < 1.29 is 19.4 Å². The molecule has 0 saturated carbocycles. The minimum absolute atomic E-state index is 0.00235. The van der Waals surface area contributed by atoms with E-state index in [1.165, 1.54) is 0 Å². The molecule has 4 nitrogen and oxygen atoms in total. The van der Waals surface area contributed by atoms with Gasteiger partial charge in [0.2, 0.25) is 0 Å². The Morgan fingerprint density at radius 2 is 1.69 bits per heavy atom. The molecule has 0 atom stereocenters. The van der Waals surface area contributed by atoms with E-state index in [4.69, 9.17) is 26.2 Å². The molecule has 0 unspecified atom stereocenters. The first-order chi connectivity index (χ1) is 12.3. The Kier molecular flexibility index (Phi) is 6.92. The fourth-order valence-electron chi connectivity index (χ4n) is 2.64. The van der Waals surface area contributed by atoms with Crippen molar-refractivity contribution >= 4 is 17.6 Å². The average Bonchev–Trinajstić information content (AvgIpc) is 2.57. The number of para-hydroxylation sites is 1. The molecule has 0 spiro atoms. The van der Waals surface area contributed by atoms with Crippen LogP contribution in [-0.4, -0.2) is 24.3 Å². The van der Waals surface area contributed by atoms with E-state index < -0.39 is 5.97 Å². The maximum atomic E-state index is 10.8. The first-order valence-electron chi connectivity index (χ1n) is 8.62. The van der Waals surface area contributed by atoms with Crippen LogP contribution >= 0.6 is 11.6 Å². The highest BCUT2D eigenvalue weighted by atomic mass is 35.5. The first-order valence-corrected chi connectivity index (χ1v) is 9.00. The quantitative estimate of drug-likeness (QED) is 0.650. The number of aliphatic carboxylic acids is 1.